The van der Waals surface area contributed by atoms with Gasteiger partial charge in [-0.3, -0.25) is 4.98 Å². The first-order valence-corrected chi connectivity index (χ1v) is 16.3. The third kappa shape index (κ3) is 5.82. The number of ether oxygens (including phenoxy) is 1. The fraction of sp³-hybridized carbons (Fsp3) is 0.400. The van der Waals surface area contributed by atoms with Gasteiger partial charge in [0.05, 0.1) is 35.5 Å². The van der Waals surface area contributed by atoms with Crippen molar-refractivity contribution in [3.63, 3.8) is 0 Å². The molecule has 0 unspecified atom stereocenters. The first-order valence-electron chi connectivity index (χ1n) is 13.9. The number of nitrogens with zero attached hydrogens (tertiary/aromatic N) is 5. The number of thioether (sulfide) groups is 1. The van der Waals surface area contributed by atoms with Gasteiger partial charge in [-0.2, -0.15) is 4.31 Å². The van der Waals surface area contributed by atoms with Gasteiger partial charge in [-0.05, 0) is 67.3 Å². The predicted molar refractivity (Wildman–Crippen MR) is 159 cm³/mol. The number of fused-ring (bicyclic) bond motifs is 2. The molecule has 0 N–H and O–H groups in total. The van der Waals surface area contributed by atoms with E-state index in [1.165, 1.54) is 5.56 Å². The molecule has 0 aliphatic carbocycles. The van der Waals surface area contributed by atoms with Gasteiger partial charge in [0.15, 0.2) is 5.16 Å². The van der Waals surface area contributed by atoms with Crippen LogP contribution in [-0.2, 0) is 34.6 Å². The number of aromatic nitrogens is 3. The number of rotatable bonds is 8. The summed E-state index contributed by atoms with van der Waals surface area (Å²) in [4.78, 5) is 12.0. The lowest BCUT2D eigenvalue weighted by Crippen LogP contribution is -2.40. The third-order valence-electron chi connectivity index (χ3n) is 7.87. The van der Waals surface area contributed by atoms with Crippen molar-refractivity contribution in [2.24, 2.45) is 7.05 Å². The maximum absolute atomic E-state index is 13.1. The normalized spacial score (nSPS) is 17.1. The molecule has 40 heavy (non-hydrogen) atoms. The van der Waals surface area contributed by atoms with Crippen LogP contribution in [-0.4, -0.2) is 83.8 Å². The molecule has 2 aromatic heterocycles. The second kappa shape index (κ2) is 12.0. The third-order valence-corrected chi connectivity index (χ3v) is 10.9. The van der Waals surface area contributed by atoms with E-state index in [1.807, 2.05) is 30.6 Å². The minimum Gasteiger partial charge on any atom is -0.379 e. The fourth-order valence-electron chi connectivity index (χ4n) is 5.55. The fourth-order valence-corrected chi connectivity index (χ4v) is 7.88. The monoisotopic (exact) mass is 577 g/mol. The van der Waals surface area contributed by atoms with E-state index >= 15 is 0 Å². The average molecular weight is 578 g/mol. The Kier molecular flexibility index (Phi) is 8.22. The highest BCUT2D eigenvalue weighted by Gasteiger charge is 2.27. The molecule has 1 saturated heterocycles. The number of benzene rings is 2. The first-order chi connectivity index (χ1) is 19.5. The summed E-state index contributed by atoms with van der Waals surface area (Å²) < 4.78 is 35.3. The molecule has 0 saturated carbocycles. The average Bonchev–Trinajstić information content (AvgIpc) is 3.23. The van der Waals surface area contributed by atoms with Crippen molar-refractivity contribution >= 4 is 32.7 Å². The molecule has 0 atom stereocenters. The van der Waals surface area contributed by atoms with E-state index in [2.05, 4.69) is 45.8 Å². The highest BCUT2D eigenvalue weighted by molar-refractivity contribution is 7.99. The summed E-state index contributed by atoms with van der Waals surface area (Å²) in [6.07, 6.45) is 6.67. The van der Waals surface area contributed by atoms with Gasteiger partial charge in [0.2, 0.25) is 10.0 Å². The molecule has 10 heteroatoms. The van der Waals surface area contributed by atoms with Crippen LogP contribution in [0.1, 0.15) is 17.5 Å². The molecule has 1 fully saturated rings. The number of pyridine rings is 1. The highest BCUT2D eigenvalue weighted by atomic mass is 32.2. The van der Waals surface area contributed by atoms with Gasteiger partial charge in [-0.15, -0.1) is 0 Å². The molecular weight excluding hydrogens is 542 g/mol. The van der Waals surface area contributed by atoms with Crippen LogP contribution in [0.3, 0.4) is 0 Å². The van der Waals surface area contributed by atoms with E-state index in [4.69, 9.17) is 9.72 Å². The summed E-state index contributed by atoms with van der Waals surface area (Å²) in [5, 5.41) is 2.16. The molecule has 0 radical (unpaired) electrons. The SMILES string of the molecule is Cn1c(-c2ccc3ncccc3c2)cnc1SCCCN1CCc2ccc(S(=O)(=O)N3CCOCC3)cc2CC1. The van der Waals surface area contributed by atoms with Crippen LogP contribution < -0.4 is 0 Å². The molecule has 0 amide bonds. The molecule has 0 bridgehead atoms. The quantitative estimate of drug-likeness (QED) is 0.229. The Bertz CT molecular complexity index is 1600. The maximum atomic E-state index is 13.1. The van der Waals surface area contributed by atoms with Crippen molar-refractivity contribution in [1.82, 2.24) is 23.7 Å². The Labute approximate surface area is 240 Å². The summed E-state index contributed by atoms with van der Waals surface area (Å²) in [5.41, 5.74) is 5.68. The second-order valence-electron chi connectivity index (χ2n) is 10.4. The summed E-state index contributed by atoms with van der Waals surface area (Å²) >= 11 is 1.80. The second-order valence-corrected chi connectivity index (χ2v) is 13.4. The Balaban J connectivity index is 1.02. The Morgan fingerprint density at radius 1 is 0.950 bits per heavy atom. The lowest BCUT2D eigenvalue weighted by Gasteiger charge is -2.26. The minimum absolute atomic E-state index is 0.410. The van der Waals surface area contributed by atoms with E-state index in [0.29, 0.717) is 31.2 Å². The molecule has 2 aromatic carbocycles. The van der Waals surface area contributed by atoms with Crippen LogP contribution >= 0.6 is 11.8 Å². The largest absolute Gasteiger partial charge is 0.379 e. The number of imidazole rings is 1. The summed E-state index contributed by atoms with van der Waals surface area (Å²) in [7, 11) is -1.39. The van der Waals surface area contributed by atoms with Crippen molar-refractivity contribution < 1.29 is 13.2 Å². The zero-order valence-corrected chi connectivity index (χ0v) is 24.5. The lowest BCUT2D eigenvalue weighted by atomic mass is 10.0. The number of hydrogen-bond acceptors (Lipinski definition) is 7. The Hall–Kier alpha value is -2.76. The summed E-state index contributed by atoms with van der Waals surface area (Å²) in [6, 6.07) is 16.1. The molecule has 4 aromatic rings. The van der Waals surface area contributed by atoms with Crippen LogP contribution in [0, 0.1) is 0 Å². The number of morpholine rings is 1. The van der Waals surface area contributed by atoms with E-state index in [1.54, 1.807) is 22.1 Å². The molecule has 2 aliphatic heterocycles. The van der Waals surface area contributed by atoms with E-state index in [9.17, 15) is 8.42 Å². The molecule has 0 spiro atoms. The van der Waals surface area contributed by atoms with Crippen LogP contribution in [0.15, 0.2) is 71.0 Å². The molecule has 6 rings (SSSR count). The van der Waals surface area contributed by atoms with Crippen molar-refractivity contribution in [3.05, 3.63) is 72.1 Å². The zero-order valence-electron chi connectivity index (χ0n) is 22.8. The van der Waals surface area contributed by atoms with E-state index in [-0.39, 0.29) is 0 Å². The summed E-state index contributed by atoms with van der Waals surface area (Å²) in [5.74, 6) is 0.997. The zero-order chi connectivity index (χ0) is 27.5. The smallest absolute Gasteiger partial charge is 0.243 e. The van der Waals surface area contributed by atoms with Crippen LogP contribution in [0.4, 0.5) is 0 Å². The standard InChI is InChI=1S/C30H35N5O3S2/c1-33-29(26-6-8-28-25(20-26)4-2-11-31-28)22-32-30(33)39-19-3-12-34-13-9-23-5-7-27(21-24(23)10-14-34)40(36,37)35-15-17-38-18-16-35/h2,4-8,11,20-22H,3,9-10,12-19H2,1H3. The first kappa shape index (κ1) is 27.4. The molecule has 8 nitrogen and oxygen atoms in total. The number of sulfonamides is 1. The van der Waals surface area contributed by atoms with Gasteiger partial charge in [-0.1, -0.05) is 30.0 Å². The van der Waals surface area contributed by atoms with Crippen molar-refractivity contribution in [2.45, 2.75) is 29.3 Å². The van der Waals surface area contributed by atoms with Crippen LogP contribution in [0.5, 0.6) is 0 Å². The topological polar surface area (TPSA) is 80.6 Å². The summed E-state index contributed by atoms with van der Waals surface area (Å²) in [6.45, 7) is 4.73. The predicted octanol–water partition coefficient (Wildman–Crippen LogP) is 4.24. The van der Waals surface area contributed by atoms with Gasteiger partial charge in [-0.25, -0.2) is 13.4 Å². The highest BCUT2D eigenvalue weighted by Crippen LogP contribution is 2.28. The molecule has 4 heterocycles. The maximum Gasteiger partial charge on any atom is 0.243 e. The van der Waals surface area contributed by atoms with Crippen molar-refractivity contribution in [3.8, 4) is 11.3 Å². The molecule has 210 valence electrons. The van der Waals surface area contributed by atoms with Crippen LogP contribution in [0.2, 0.25) is 0 Å². The molecule has 2 aliphatic rings. The van der Waals surface area contributed by atoms with Gasteiger partial charge in [0.25, 0.3) is 0 Å². The van der Waals surface area contributed by atoms with Crippen molar-refractivity contribution in [1.29, 1.82) is 0 Å². The van der Waals surface area contributed by atoms with E-state index < -0.39 is 10.0 Å². The van der Waals surface area contributed by atoms with Crippen molar-refractivity contribution in [2.75, 3.05) is 51.7 Å². The Morgan fingerprint density at radius 3 is 2.62 bits per heavy atom. The van der Waals surface area contributed by atoms with Crippen LogP contribution in [0.25, 0.3) is 22.2 Å². The van der Waals surface area contributed by atoms with Gasteiger partial charge in [0, 0.05) is 56.1 Å². The Morgan fingerprint density at radius 2 is 1.77 bits per heavy atom. The van der Waals surface area contributed by atoms with Gasteiger partial charge < -0.3 is 14.2 Å². The molecular formula is C30H35N5O3S2. The minimum atomic E-state index is -3.47. The lowest BCUT2D eigenvalue weighted by molar-refractivity contribution is 0.0730. The van der Waals surface area contributed by atoms with Gasteiger partial charge >= 0.3 is 0 Å². The number of hydrogen-bond donors (Lipinski definition) is 0. The van der Waals surface area contributed by atoms with E-state index in [0.717, 1.165) is 77.5 Å². The van der Waals surface area contributed by atoms with Gasteiger partial charge in [0.1, 0.15) is 0 Å².